The Morgan fingerprint density at radius 1 is 1.42 bits per heavy atom. The van der Waals surface area contributed by atoms with Crippen LogP contribution in [0.2, 0.25) is 0 Å². The van der Waals surface area contributed by atoms with Crippen molar-refractivity contribution in [1.29, 1.82) is 0 Å². The van der Waals surface area contributed by atoms with Crippen LogP contribution in [0.3, 0.4) is 0 Å². The van der Waals surface area contributed by atoms with E-state index in [4.69, 9.17) is 4.74 Å². The number of benzene rings is 1. The van der Waals surface area contributed by atoms with Crippen LogP contribution in [0.1, 0.15) is 21.3 Å². The predicted octanol–water partition coefficient (Wildman–Crippen LogP) is 2.22. The van der Waals surface area contributed by atoms with Crippen LogP contribution in [-0.2, 0) is 0 Å². The number of rotatable bonds is 5. The van der Waals surface area contributed by atoms with Gasteiger partial charge in [0.25, 0.3) is 5.91 Å². The second-order valence-electron chi connectivity index (χ2n) is 3.97. The van der Waals surface area contributed by atoms with E-state index in [9.17, 15) is 9.90 Å². The van der Waals surface area contributed by atoms with Crippen LogP contribution in [0.5, 0.6) is 5.75 Å². The molecule has 1 heterocycles. The van der Waals surface area contributed by atoms with Gasteiger partial charge in [-0.25, -0.2) is 0 Å². The number of methoxy groups -OCH3 is 1. The highest BCUT2D eigenvalue weighted by Crippen LogP contribution is 2.22. The number of ether oxygens (including phenoxy) is 1. The van der Waals surface area contributed by atoms with Gasteiger partial charge >= 0.3 is 0 Å². The van der Waals surface area contributed by atoms with Crippen molar-refractivity contribution in [3.05, 3.63) is 52.2 Å². The fraction of sp³-hybridized carbons (Fsp3) is 0.214. The first-order valence-corrected chi connectivity index (χ1v) is 6.71. The molecule has 1 aromatic heterocycles. The fourth-order valence-electron chi connectivity index (χ4n) is 1.69. The van der Waals surface area contributed by atoms with Crippen molar-refractivity contribution in [1.82, 2.24) is 5.32 Å². The van der Waals surface area contributed by atoms with E-state index in [1.54, 1.807) is 18.6 Å². The number of aliphatic hydroxyl groups is 1. The van der Waals surface area contributed by atoms with Gasteiger partial charge in [0.15, 0.2) is 0 Å². The molecule has 19 heavy (non-hydrogen) atoms. The Bertz CT molecular complexity index is 539. The van der Waals surface area contributed by atoms with Gasteiger partial charge in [-0.05, 0) is 5.56 Å². The number of hydrogen-bond donors (Lipinski definition) is 2. The first-order valence-electron chi connectivity index (χ1n) is 5.83. The summed E-state index contributed by atoms with van der Waals surface area (Å²) >= 11 is 1.31. The number of carbonyl (C=O) groups excluding carboxylic acids is 1. The zero-order valence-corrected chi connectivity index (χ0v) is 11.3. The zero-order chi connectivity index (χ0) is 13.7. The third kappa shape index (κ3) is 3.33. The molecule has 100 valence electrons. The highest BCUT2D eigenvalue weighted by Gasteiger charge is 2.16. The maximum absolute atomic E-state index is 12.0. The Balaban J connectivity index is 2.08. The summed E-state index contributed by atoms with van der Waals surface area (Å²) in [4.78, 5) is 12.6. The third-order valence-corrected chi connectivity index (χ3v) is 3.63. The van der Waals surface area contributed by atoms with Crippen LogP contribution in [0.15, 0.2) is 41.8 Å². The molecule has 4 nitrogen and oxygen atoms in total. The molecule has 0 aliphatic heterocycles. The molecule has 0 saturated carbocycles. The van der Waals surface area contributed by atoms with Crippen molar-refractivity contribution in [3.8, 4) is 5.75 Å². The highest BCUT2D eigenvalue weighted by atomic mass is 32.1. The summed E-state index contributed by atoms with van der Waals surface area (Å²) in [7, 11) is 1.56. The van der Waals surface area contributed by atoms with Gasteiger partial charge in [-0.1, -0.05) is 30.3 Å². The number of nitrogens with one attached hydrogen (secondary N) is 1. The first kappa shape index (κ1) is 13.6. The molecule has 0 unspecified atom stereocenters. The molecule has 1 amide bonds. The summed E-state index contributed by atoms with van der Waals surface area (Å²) in [6.07, 6.45) is 0. The molecule has 5 heteroatoms. The molecule has 0 radical (unpaired) electrons. The van der Waals surface area contributed by atoms with E-state index in [2.05, 4.69) is 5.32 Å². The fourth-order valence-corrected chi connectivity index (χ4v) is 2.45. The van der Waals surface area contributed by atoms with Gasteiger partial charge in [-0.15, -0.1) is 11.3 Å². The van der Waals surface area contributed by atoms with Gasteiger partial charge < -0.3 is 15.2 Å². The number of thiophene rings is 1. The standard InChI is InChI=1S/C14H15NO3S/c1-18-11-7-13(19-9-11)14(17)15-12(8-16)10-5-3-2-4-6-10/h2-7,9,12,16H,8H2,1H3,(H,15,17)/t12-/m0/s1. The van der Waals surface area contributed by atoms with Crippen molar-refractivity contribution < 1.29 is 14.6 Å². The Morgan fingerprint density at radius 2 is 2.16 bits per heavy atom. The average Bonchev–Trinajstić information content (AvgIpc) is 2.94. The van der Waals surface area contributed by atoms with Crippen LogP contribution in [0.25, 0.3) is 0 Å². The topological polar surface area (TPSA) is 58.6 Å². The molecule has 0 aliphatic rings. The Labute approximate surface area is 115 Å². The van der Waals surface area contributed by atoms with E-state index in [1.807, 2.05) is 30.3 Å². The lowest BCUT2D eigenvalue weighted by molar-refractivity contribution is 0.0920. The smallest absolute Gasteiger partial charge is 0.262 e. The molecule has 1 atom stereocenters. The molecule has 0 aliphatic carbocycles. The van der Waals surface area contributed by atoms with E-state index in [-0.39, 0.29) is 12.5 Å². The summed E-state index contributed by atoms with van der Waals surface area (Å²) in [5.74, 6) is 0.451. The van der Waals surface area contributed by atoms with Crippen LogP contribution < -0.4 is 10.1 Å². The SMILES string of the molecule is COc1csc(C(=O)N[C@@H](CO)c2ccccc2)c1. The van der Waals surface area contributed by atoms with E-state index >= 15 is 0 Å². The summed E-state index contributed by atoms with van der Waals surface area (Å²) in [6.45, 7) is -0.141. The summed E-state index contributed by atoms with van der Waals surface area (Å²) in [5, 5.41) is 14.0. The van der Waals surface area contributed by atoms with Crippen molar-refractivity contribution >= 4 is 17.2 Å². The van der Waals surface area contributed by atoms with Crippen molar-refractivity contribution in [3.63, 3.8) is 0 Å². The van der Waals surface area contributed by atoms with Crippen molar-refractivity contribution in [2.24, 2.45) is 0 Å². The Morgan fingerprint density at radius 3 is 2.74 bits per heavy atom. The average molecular weight is 277 g/mol. The monoisotopic (exact) mass is 277 g/mol. The number of amides is 1. The van der Waals surface area contributed by atoms with Crippen molar-refractivity contribution in [2.45, 2.75) is 6.04 Å². The minimum Gasteiger partial charge on any atom is -0.496 e. The van der Waals surface area contributed by atoms with Crippen LogP contribution >= 0.6 is 11.3 Å². The minimum atomic E-state index is -0.401. The van der Waals surface area contributed by atoms with Gasteiger partial charge in [0.05, 0.1) is 24.6 Å². The normalized spacial score (nSPS) is 11.9. The second kappa shape index (κ2) is 6.36. The van der Waals surface area contributed by atoms with E-state index < -0.39 is 6.04 Å². The summed E-state index contributed by atoms with van der Waals surface area (Å²) < 4.78 is 5.04. The highest BCUT2D eigenvalue weighted by molar-refractivity contribution is 7.12. The van der Waals surface area contributed by atoms with Gasteiger partial charge in [0, 0.05) is 11.4 Å². The molecule has 2 rings (SSSR count). The quantitative estimate of drug-likeness (QED) is 0.881. The molecule has 0 saturated heterocycles. The van der Waals surface area contributed by atoms with Gasteiger partial charge in [0.2, 0.25) is 0 Å². The molecule has 1 aromatic carbocycles. The number of carbonyl (C=O) groups is 1. The summed E-state index contributed by atoms with van der Waals surface area (Å²) in [5.41, 5.74) is 0.877. The maximum atomic E-state index is 12.0. The predicted molar refractivity (Wildman–Crippen MR) is 74.6 cm³/mol. The Kier molecular flexibility index (Phi) is 4.54. The second-order valence-corrected chi connectivity index (χ2v) is 4.88. The lowest BCUT2D eigenvalue weighted by Crippen LogP contribution is -2.30. The van der Waals surface area contributed by atoms with Crippen LogP contribution in [0, 0.1) is 0 Å². The van der Waals surface area contributed by atoms with E-state index in [1.165, 1.54) is 11.3 Å². The molecule has 0 fully saturated rings. The molecule has 0 bridgehead atoms. The molecule has 2 N–H and O–H groups in total. The maximum Gasteiger partial charge on any atom is 0.262 e. The Hall–Kier alpha value is -1.85. The largest absolute Gasteiger partial charge is 0.496 e. The summed E-state index contributed by atoms with van der Waals surface area (Å²) in [6, 6.07) is 10.7. The van der Waals surface area contributed by atoms with Crippen LogP contribution in [-0.4, -0.2) is 24.7 Å². The number of hydrogen-bond acceptors (Lipinski definition) is 4. The molecule has 0 spiro atoms. The van der Waals surface area contributed by atoms with E-state index in [0.29, 0.717) is 10.6 Å². The zero-order valence-electron chi connectivity index (χ0n) is 10.5. The van der Waals surface area contributed by atoms with Gasteiger partial charge in [-0.2, -0.15) is 0 Å². The third-order valence-electron chi connectivity index (χ3n) is 2.72. The van der Waals surface area contributed by atoms with Gasteiger partial charge in [-0.3, -0.25) is 4.79 Å². The van der Waals surface area contributed by atoms with E-state index in [0.717, 1.165) is 5.56 Å². The number of aliphatic hydroxyl groups excluding tert-OH is 1. The molecular formula is C14H15NO3S. The minimum absolute atomic E-state index is 0.141. The van der Waals surface area contributed by atoms with Gasteiger partial charge in [0.1, 0.15) is 5.75 Å². The molecule has 2 aromatic rings. The van der Waals surface area contributed by atoms with Crippen LogP contribution in [0.4, 0.5) is 0 Å². The first-order chi connectivity index (χ1) is 9.24. The lowest BCUT2D eigenvalue weighted by atomic mass is 10.1. The molecular weight excluding hydrogens is 262 g/mol. The van der Waals surface area contributed by atoms with Crippen molar-refractivity contribution in [2.75, 3.05) is 13.7 Å². The lowest BCUT2D eigenvalue weighted by Gasteiger charge is -2.16.